The average Bonchev–Trinajstić information content (AvgIpc) is 3.06. The van der Waals surface area contributed by atoms with Crippen molar-refractivity contribution in [1.82, 2.24) is 0 Å². The van der Waals surface area contributed by atoms with Crippen molar-refractivity contribution in [2.75, 3.05) is 22.1 Å². The molecule has 0 radical (unpaired) electrons. The molecule has 0 aliphatic rings. The van der Waals surface area contributed by atoms with E-state index in [1.54, 1.807) is 42.7 Å². The van der Waals surface area contributed by atoms with E-state index in [1.165, 1.54) is 45.9 Å². The van der Waals surface area contributed by atoms with Gasteiger partial charge in [-0.1, -0.05) is 23.2 Å². The number of phenols is 4. The molecule has 4 aromatic rings. The van der Waals surface area contributed by atoms with Crippen molar-refractivity contribution in [1.29, 1.82) is 0 Å². The predicted octanol–water partition coefficient (Wildman–Crippen LogP) is 9.51. The summed E-state index contributed by atoms with van der Waals surface area (Å²) in [6.45, 7) is 13.1. The number of benzene rings is 4. The first-order chi connectivity index (χ1) is 24.5. The third-order valence-corrected chi connectivity index (χ3v) is 8.46. The number of nitrogen functional groups attached to an aromatic ring is 2. The van der Waals surface area contributed by atoms with Gasteiger partial charge < -0.3 is 42.5 Å². The van der Waals surface area contributed by atoms with Gasteiger partial charge in [0.25, 0.3) is 0 Å². The fraction of sp³-hybridized carbons (Fsp3) is 0.278. The van der Waals surface area contributed by atoms with Gasteiger partial charge in [-0.25, -0.2) is 0 Å². The van der Waals surface area contributed by atoms with E-state index in [0.717, 1.165) is 22.4 Å². The lowest BCUT2D eigenvalue weighted by Gasteiger charge is -2.13. The number of halogens is 8. The van der Waals surface area contributed by atoms with Crippen LogP contribution in [0.25, 0.3) is 0 Å². The number of carbonyl (C=O) groups is 2. The van der Waals surface area contributed by atoms with Crippen LogP contribution in [0.3, 0.4) is 0 Å². The maximum atomic E-state index is 12.1. The Morgan fingerprint density at radius 2 is 0.870 bits per heavy atom. The third-order valence-electron chi connectivity index (χ3n) is 7.53. The fourth-order valence-electron chi connectivity index (χ4n) is 4.02. The fourth-order valence-corrected chi connectivity index (χ4v) is 4.53. The highest BCUT2D eigenvalue weighted by molar-refractivity contribution is 6.33. The van der Waals surface area contributed by atoms with Crippen molar-refractivity contribution >= 4 is 57.8 Å². The van der Waals surface area contributed by atoms with Gasteiger partial charge in [-0.15, -0.1) is 0 Å². The normalized spacial score (nSPS) is 10.8. The first-order valence-corrected chi connectivity index (χ1v) is 16.1. The minimum atomic E-state index is -4.97. The summed E-state index contributed by atoms with van der Waals surface area (Å²) in [5.41, 5.74) is 16.9. The summed E-state index contributed by atoms with van der Waals surface area (Å²) in [5, 5.41) is 40.9. The highest BCUT2D eigenvalue weighted by Gasteiger charge is 2.39. The van der Waals surface area contributed by atoms with Crippen LogP contribution in [-0.2, 0) is 9.59 Å². The minimum Gasteiger partial charge on any atom is -0.508 e. The Bertz CT molecular complexity index is 1950. The van der Waals surface area contributed by atoms with Crippen LogP contribution in [0.15, 0.2) is 36.4 Å². The summed E-state index contributed by atoms with van der Waals surface area (Å²) in [6, 6.07) is 8.95. The molecule has 0 fully saturated rings. The van der Waals surface area contributed by atoms with E-state index in [0.29, 0.717) is 33.1 Å². The molecule has 0 saturated carbocycles. The molecule has 54 heavy (non-hydrogen) atoms. The van der Waals surface area contributed by atoms with Gasteiger partial charge in [0.15, 0.2) is 0 Å². The van der Waals surface area contributed by atoms with Crippen molar-refractivity contribution < 1.29 is 56.4 Å². The number of carbonyl (C=O) groups excluding carboxylic acids is 2. The maximum Gasteiger partial charge on any atom is 0.471 e. The second kappa shape index (κ2) is 18.7. The SMILES string of the molecule is Cc1cc(N)c(C)c(Cl)c1O.Cc1cc(NC(=O)C(F)(F)F)c(C)c(Cl)c1O.Cc1cc(NC(=O)C(F)(F)F)c(C)cc1O.Cc1cc(O)c(C)cc1N. The minimum absolute atomic E-state index is 0.0255. The number of amides is 2. The van der Waals surface area contributed by atoms with Gasteiger partial charge in [0.1, 0.15) is 23.0 Å². The van der Waals surface area contributed by atoms with Crippen LogP contribution >= 0.6 is 23.2 Å². The summed E-state index contributed by atoms with van der Waals surface area (Å²) in [5.74, 6) is -3.91. The number of hydrogen-bond donors (Lipinski definition) is 8. The molecule has 10 nitrogen and oxygen atoms in total. The lowest BCUT2D eigenvalue weighted by Crippen LogP contribution is -2.30. The molecule has 10 N–H and O–H groups in total. The van der Waals surface area contributed by atoms with E-state index in [-0.39, 0.29) is 44.8 Å². The van der Waals surface area contributed by atoms with Gasteiger partial charge in [0.2, 0.25) is 0 Å². The zero-order valence-electron chi connectivity index (χ0n) is 30.2. The third kappa shape index (κ3) is 13.0. The largest absolute Gasteiger partial charge is 0.508 e. The van der Waals surface area contributed by atoms with Crippen molar-refractivity contribution in [2.24, 2.45) is 0 Å². The Morgan fingerprint density at radius 1 is 0.519 bits per heavy atom. The summed E-state index contributed by atoms with van der Waals surface area (Å²) in [7, 11) is 0. The molecule has 18 heteroatoms. The molecule has 4 rings (SSSR count). The highest BCUT2D eigenvalue weighted by Crippen LogP contribution is 2.36. The molecule has 296 valence electrons. The average molecular weight is 810 g/mol. The number of nitrogens with two attached hydrogens (primary N) is 2. The molecule has 4 aromatic carbocycles. The zero-order valence-corrected chi connectivity index (χ0v) is 31.8. The molecule has 0 saturated heterocycles. The van der Waals surface area contributed by atoms with Crippen LogP contribution in [0.1, 0.15) is 44.5 Å². The number of nitrogens with one attached hydrogen (secondary N) is 2. The number of alkyl halides is 6. The zero-order chi connectivity index (χ0) is 42.2. The van der Waals surface area contributed by atoms with E-state index < -0.39 is 24.2 Å². The van der Waals surface area contributed by atoms with Gasteiger partial charge >= 0.3 is 24.2 Å². The first kappa shape index (κ1) is 46.8. The van der Waals surface area contributed by atoms with Crippen LogP contribution in [0.5, 0.6) is 23.0 Å². The molecule has 0 spiro atoms. The van der Waals surface area contributed by atoms with E-state index in [2.05, 4.69) is 0 Å². The summed E-state index contributed by atoms with van der Waals surface area (Å²) in [6.07, 6.45) is -9.89. The first-order valence-electron chi connectivity index (χ1n) is 15.4. The lowest BCUT2D eigenvalue weighted by molar-refractivity contribution is -0.167. The monoisotopic (exact) mass is 808 g/mol. The van der Waals surface area contributed by atoms with Gasteiger partial charge in [-0.3, -0.25) is 9.59 Å². The van der Waals surface area contributed by atoms with Gasteiger partial charge in [0.05, 0.1) is 10.0 Å². The number of hydrogen-bond acceptors (Lipinski definition) is 8. The van der Waals surface area contributed by atoms with Crippen LogP contribution in [0.2, 0.25) is 10.0 Å². The summed E-state index contributed by atoms with van der Waals surface area (Å²) < 4.78 is 72.1. The second-order valence-electron chi connectivity index (χ2n) is 12.0. The smallest absolute Gasteiger partial charge is 0.471 e. The second-order valence-corrected chi connectivity index (χ2v) is 12.7. The predicted molar refractivity (Wildman–Crippen MR) is 199 cm³/mol. The molecule has 0 unspecified atom stereocenters. The molecule has 0 heterocycles. The Balaban J connectivity index is 0.000000368. The molecular formula is C36H40Cl2F6N4O6. The van der Waals surface area contributed by atoms with Crippen LogP contribution in [-0.4, -0.2) is 44.6 Å². The molecule has 2 amide bonds. The summed E-state index contributed by atoms with van der Waals surface area (Å²) in [4.78, 5) is 21.4. The van der Waals surface area contributed by atoms with Gasteiger partial charge in [0, 0.05) is 22.7 Å². The van der Waals surface area contributed by atoms with Crippen molar-refractivity contribution in [2.45, 2.75) is 67.7 Å². The highest BCUT2D eigenvalue weighted by atomic mass is 35.5. The van der Waals surface area contributed by atoms with Gasteiger partial charge in [-0.05, 0) is 136 Å². The number of phenolic OH excluding ortho intramolecular Hbond substituents is 4. The number of aryl methyl sites for hydroxylation is 6. The Kier molecular flexibility index (Phi) is 16.2. The molecule has 0 aromatic heterocycles. The van der Waals surface area contributed by atoms with Crippen molar-refractivity contribution in [3.63, 3.8) is 0 Å². The van der Waals surface area contributed by atoms with Crippen LogP contribution < -0.4 is 22.1 Å². The summed E-state index contributed by atoms with van der Waals surface area (Å²) >= 11 is 11.5. The van der Waals surface area contributed by atoms with Crippen LogP contribution in [0.4, 0.5) is 49.1 Å². The molecule has 0 aliphatic carbocycles. The van der Waals surface area contributed by atoms with E-state index in [4.69, 9.17) is 39.8 Å². The Labute approximate surface area is 317 Å². The van der Waals surface area contributed by atoms with E-state index in [9.17, 15) is 51.3 Å². The number of aromatic hydroxyl groups is 4. The molecule has 0 aliphatic heterocycles. The topological polar surface area (TPSA) is 191 Å². The van der Waals surface area contributed by atoms with E-state index >= 15 is 0 Å². The van der Waals surface area contributed by atoms with E-state index in [1.807, 2.05) is 13.8 Å². The maximum absolute atomic E-state index is 12.1. The van der Waals surface area contributed by atoms with Crippen molar-refractivity contribution in [3.05, 3.63) is 91.0 Å². The molecule has 0 atom stereocenters. The van der Waals surface area contributed by atoms with Crippen LogP contribution in [0, 0.1) is 55.4 Å². The standard InChI is InChI=1S/C10H9ClF3NO2.C10H10F3NO2.C8H10ClNO.C8H11NO/c1-4-3-6(5(2)7(11)8(4)16)15-9(17)10(12,13)14;1-5-4-8(15)6(2)3-7(5)14-9(16)10(11,12)13;1-4-3-6(10)5(2)7(9)8(4)11;1-5-4-8(10)6(2)3-7(5)9/h3,16H,1-2H3,(H,15,17);3-4,15H,1-2H3,(H,14,16);3,11H,10H2,1-2H3;3-4,10H,9H2,1-2H3. The quantitative estimate of drug-likeness (QED) is 0.0558. The van der Waals surface area contributed by atoms with Crippen molar-refractivity contribution in [3.8, 4) is 23.0 Å². The number of anilines is 4. The lowest BCUT2D eigenvalue weighted by atomic mass is 10.1. The molecule has 0 bridgehead atoms. The Hall–Kier alpha value is -5.22. The Morgan fingerprint density at radius 3 is 1.31 bits per heavy atom. The number of rotatable bonds is 2. The molecular weight excluding hydrogens is 769 g/mol. The van der Waals surface area contributed by atoms with Gasteiger partial charge in [-0.2, -0.15) is 26.3 Å².